The van der Waals surface area contributed by atoms with Crippen molar-refractivity contribution in [3.8, 4) is 0 Å². The maximum Gasteiger partial charge on any atom is 0.126 e. The van der Waals surface area contributed by atoms with Gasteiger partial charge in [-0.15, -0.1) is 0 Å². The maximum atomic E-state index is 13.6. The highest BCUT2D eigenvalue weighted by Crippen LogP contribution is 2.32. The Labute approximate surface area is 113 Å². The molecule has 1 aromatic heterocycles. The Balaban J connectivity index is 2.30. The highest BCUT2D eigenvalue weighted by Gasteiger charge is 2.25. The summed E-state index contributed by atoms with van der Waals surface area (Å²) in [6, 6.07) is 6.76. The third-order valence-corrected chi connectivity index (χ3v) is 4.45. The molecule has 1 aromatic carbocycles. The van der Waals surface area contributed by atoms with Crippen molar-refractivity contribution < 1.29 is 4.39 Å². The van der Waals surface area contributed by atoms with Gasteiger partial charge in [0.1, 0.15) is 5.82 Å². The summed E-state index contributed by atoms with van der Waals surface area (Å²) in [5.41, 5.74) is 7.39. The fourth-order valence-electron chi connectivity index (χ4n) is 1.82. The molecule has 1 atom stereocenters. The third kappa shape index (κ3) is 2.76. The first kappa shape index (κ1) is 12.7. The molecule has 0 aliphatic carbocycles. The van der Waals surface area contributed by atoms with E-state index in [4.69, 9.17) is 5.73 Å². The largest absolute Gasteiger partial charge is 0.321 e. The quantitative estimate of drug-likeness (QED) is 0.908. The van der Waals surface area contributed by atoms with Crippen LogP contribution in [0.3, 0.4) is 0 Å². The van der Waals surface area contributed by atoms with Crippen molar-refractivity contribution in [1.29, 1.82) is 0 Å². The monoisotopic (exact) mass is 313 g/mol. The first-order valence-corrected chi connectivity index (χ1v) is 6.99. The van der Waals surface area contributed by atoms with Gasteiger partial charge in [0.05, 0.1) is 0 Å². The lowest BCUT2D eigenvalue weighted by Crippen LogP contribution is -2.35. The molecule has 2 aromatic rings. The van der Waals surface area contributed by atoms with Crippen molar-refractivity contribution in [2.45, 2.75) is 18.9 Å². The van der Waals surface area contributed by atoms with Gasteiger partial charge in [-0.05, 0) is 51.8 Å². The molecule has 0 saturated heterocycles. The first-order chi connectivity index (χ1) is 8.00. The second kappa shape index (κ2) is 4.88. The van der Waals surface area contributed by atoms with Gasteiger partial charge in [0.2, 0.25) is 0 Å². The summed E-state index contributed by atoms with van der Waals surface area (Å²) in [6.07, 6.45) is 0.481. The molecule has 2 N–H and O–H groups in total. The fourth-order valence-corrected chi connectivity index (χ4v) is 3.71. The molecular weight excluding hydrogens is 301 g/mol. The summed E-state index contributed by atoms with van der Waals surface area (Å²) in [7, 11) is 0. The molecule has 0 fully saturated rings. The minimum Gasteiger partial charge on any atom is -0.321 e. The van der Waals surface area contributed by atoms with Crippen LogP contribution in [0.15, 0.2) is 39.5 Å². The van der Waals surface area contributed by atoms with Crippen LogP contribution in [-0.4, -0.2) is 0 Å². The van der Waals surface area contributed by atoms with Crippen LogP contribution in [0.4, 0.5) is 4.39 Å². The van der Waals surface area contributed by atoms with E-state index in [9.17, 15) is 4.39 Å². The van der Waals surface area contributed by atoms with Crippen molar-refractivity contribution >= 4 is 27.3 Å². The van der Waals surface area contributed by atoms with Gasteiger partial charge in [-0.2, -0.15) is 11.3 Å². The van der Waals surface area contributed by atoms with Crippen LogP contribution in [0.5, 0.6) is 0 Å². The molecule has 0 aliphatic heterocycles. The highest BCUT2D eigenvalue weighted by molar-refractivity contribution is 9.10. The van der Waals surface area contributed by atoms with E-state index in [1.807, 2.05) is 23.8 Å². The minimum absolute atomic E-state index is 0.199. The van der Waals surface area contributed by atoms with Crippen LogP contribution >= 0.6 is 27.3 Å². The second-order valence-electron chi connectivity index (χ2n) is 4.32. The zero-order valence-electron chi connectivity index (χ0n) is 9.41. The Morgan fingerprint density at radius 3 is 2.65 bits per heavy atom. The van der Waals surface area contributed by atoms with Crippen LogP contribution in [0, 0.1) is 5.82 Å². The number of thiophene rings is 1. The molecular formula is C13H13BrFNS. The summed E-state index contributed by atoms with van der Waals surface area (Å²) in [6.45, 7) is 1.92. The van der Waals surface area contributed by atoms with Gasteiger partial charge in [-0.3, -0.25) is 0 Å². The molecule has 2 rings (SSSR count). The molecule has 0 aliphatic rings. The van der Waals surface area contributed by atoms with Crippen molar-refractivity contribution in [1.82, 2.24) is 0 Å². The fraction of sp³-hybridized carbons (Fsp3) is 0.231. The Bertz CT molecular complexity index is 522. The van der Waals surface area contributed by atoms with Gasteiger partial charge in [-0.25, -0.2) is 4.39 Å². The van der Waals surface area contributed by atoms with Gasteiger partial charge in [0, 0.05) is 15.4 Å². The van der Waals surface area contributed by atoms with E-state index in [1.165, 1.54) is 6.07 Å². The number of rotatable bonds is 3. The molecule has 0 saturated carbocycles. The summed E-state index contributed by atoms with van der Waals surface area (Å²) < 4.78 is 14.6. The van der Waals surface area contributed by atoms with Gasteiger partial charge in [0.15, 0.2) is 0 Å². The van der Waals surface area contributed by atoms with Crippen LogP contribution in [0.1, 0.15) is 18.1 Å². The average molecular weight is 314 g/mol. The normalized spacial score (nSPS) is 14.6. The molecule has 0 radical (unpaired) electrons. The van der Waals surface area contributed by atoms with Crippen LogP contribution in [0.25, 0.3) is 0 Å². The zero-order chi connectivity index (χ0) is 12.5. The van der Waals surface area contributed by atoms with Gasteiger partial charge >= 0.3 is 0 Å². The highest BCUT2D eigenvalue weighted by atomic mass is 79.9. The SMILES string of the molecule is CC(N)(Cc1ccccc1F)c1cscc1Br. The number of nitrogens with two attached hydrogens (primary N) is 1. The Morgan fingerprint density at radius 2 is 2.06 bits per heavy atom. The number of halogens is 2. The van der Waals surface area contributed by atoms with Crippen LogP contribution < -0.4 is 5.73 Å². The molecule has 0 spiro atoms. The Morgan fingerprint density at radius 1 is 1.35 bits per heavy atom. The summed E-state index contributed by atoms with van der Waals surface area (Å²) in [4.78, 5) is 0. The number of benzene rings is 1. The molecule has 90 valence electrons. The van der Waals surface area contributed by atoms with Crippen molar-refractivity contribution in [2.24, 2.45) is 5.73 Å². The van der Waals surface area contributed by atoms with E-state index < -0.39 is 5.54 Å². The van der Waals surface area contributed by atoms with E-state index in [-0.39, 0.29) is 5.82 Å². The van der Waals surface area contributed by atoms with E-state index >= 15 is 0 Å². The molecule has 0 amide bonds. The lowest BCUT2D eigenvalue weighted by Gasteiger charge is -2.25. The Hall–Kier alpha value is -0.710. The summed E-state index contributed by atoms with van der Waals surface area (Å²) in [5.74, 6) is -0.199. The lowest BCUT2D eigenvalue weighted by molar-refractivity contribution is 0.475. The van der Waals surface area contributed by atoms with Crippen molar-refractivity contribution in [3.05, 3.63) is 56.4 Å². The van der Waals surface area contributed by atoms with Gasteiger partial charge in [0.25, 0.3) is 0 Å². The average Bonchev–Trinajstić information content (AvgIpc) is 2.68. The molecule has 4 heteroatoms. The van der Waals surface area contributed by atoms with Gasteiger partial charge in [-0.1, -0.05) is 18.2 Å². The standard InChI is InChI=1S/C13H13BrFNS/c1-13(16,10-7-17-8-11(10)14)6-9-4-2-3-5-12(9)15/h2-5,7-8H,6,16H2,1H3. The third-order valence-electron chi connectivity index (χ3n) is 2.75. The topological polar surface area (TPSA) is 26.0 Å². The number of hydrogen-bond donors (Lipinski definition) is 1. The second-order valence-corrected chi connectivity index (χ2v) is 5.92. The first-order valence-electron chi connectivity index (χ1n) is 5.25. The summed E-state index contributed by atoms with van der Waals surface area (Å²) >= 11 is 5.06. The molecule has 1 nitrogen and oxygen atoms in total. The number of hydrogen-bond acceptors (Lipinski definition) is 2. The van der Waals surface area contributed by atoms with E-state index in [1.54, 1.807) is 23.5 Å². The molecule has 17 heavy (non-hydrogen) atoms. The zero-order valence-corrected chi connectivity index (χ0v) is 11.8. The molecule has 0 bridgehead atoms. The van der Waals surface area contributed by atoms with Gasteiger partial charge < -0.3 is 5.73 Å². The smallest absolute Gasteiger partial charge is 0.126 e. The maximum absolute atomic E-state index is 13.6. The van der Waals surface area contributed by atoms with Crippen molar-refractivity contribution in [3.63, 3.8) is 0 Å². The van der Waals surface area contributed by atoms with E-state index in [0.717, 1.165) is 10.0 Å². The van der Waals surface area contributed by atoms with Crippen LogP contribution in [-0.2, 0) is 12.0 Å². The summed E-state index contributed by atoms with van der Waals surface area (Å²) in [5, 5.41) is 3.99. The predicted molar refractivity (Wildman–Crippen MR) is 73.7 cm³/mol. The molecule has 1 heterocycles. The van der Waals surface area contributed by atoms with Crippen molar-refractivity contribution in [2.75, 3.05) is 0 Å². The van der Waals surface area contributed by atoms with Crippen LogP contribution in [0.2, 0.25) is 0 Å². The minimum atomic E-state index is -0.568. The lowest BCUT2D eigenvalue weighted by atomic mass is 9.88. The Kier molecular flexibility index (Phi) is 3.66. The van der Waals surface area contributed by atoms with E-state index in [2.05, 4.69) is 15.9 Å². The molecule has 1 unspecified atom stereocenters. The predicted octanol–water partition coefficient (Wildman–Crippen LogP) is 4.07. The van der Waals surface area contributed by atoms with E-state index in [0.29, 0.717) is 12.0 Å².